The summed E-state index contributed by atoms with van der Waals surface area (Å²) in [5.74, 6) is 1.89. The third-order valence-electron chi connectivity index (χ3n) is 5.42. The lowest BCUT2D eigenvalue weighted by molar-refractivity contribution is -0.137. The van der Waals surface area contributed by atoms with Gasteiger partial charge in [-0.25, -0.2) is 0 Å². The second-order valence-electron chi connectivity index (χ2n) is 7.28. The number of rotatable bonds is 4. The molecule has 2 fully saturated rings. The minimum absolute atomic E-state index is 0.189. The third kappa shape index (κ3) is 4.15. The van der Waals surface area contributed by atoms with Gasteiger partial charge < -0.3 is 9.42 Å². The molecule has 2 aliphatic heterocycles. The molecule has 0 atom stereocenters. The van der Waals surface area contributed by atoms with E-state index in [9.17, 15) is 4.79 Å². The van der Waals surface area contributed by atoms with Gasteiger partial charge >= 0.3 is 0 Å². The maximum atomic E-state index is 12.8. The zero-order valence-corrected chi connectivity index (χ0v) is 15.9. The van der Waals surface area contributed by atoms with Crippen molar-refractivity contribution in [1.82, 2.24) is 19.9 Å². The van der Waals surface area contributed by atoms with Gasteiger partial charge in [0.05, 0.1) is 11.4 Å². The Bertz CT molecular complexity index is 699. The molecule has 0 unspecified atom stereocenters. The number of carbonyl (C=O) groups excluding carboxylic acids is 1. The SMILES string of the molecule is O=C(C1CCN(Cc2nc(-c3cccs3)no2)CC1)N1CCCCCC1. The normalized spacial score (nSPS) is 20.2. The van der Waals surface area contributed by atoms with Gasteiger partial charge in [-0.2, -0.15) is 4.98 Å². The second kappa shape index (κ2) is 8.31. The summed E-state index contributed by atoms with van der Waals surface area (Å²) in [5.41, 5.74) is 0. The van der Waals surface area contributed by atoms with Gasteiger partial charge in [-0.15, -0.1) is 11.3 Å². The van der Waals surface area contributed by atoms with E-state index in [0.717, 1.165) is 56.7 Å². The van der Waals surface area contributed by atoms with E-state index in [1.165, 1.54) is 12.8 Å². The maximum Gasteiger partial charge on any atom is 0.241 e. The largest absolute Gasteiger partial charge is 0.342 e. The molecule has 2 aliphatic rings. The number of amides is 1. The fourth-order valence-corrected chi connectivity index (χ4v) is 4.55. The van der Waals surface area contributed by atoms with E-state index in [1.807, 2.05) is 17.5 Å². The first kappa shape index (κ1) is 17.7. The Kier molecular flexibility index (Phi) is 5.65. The van der Waals surface area contributed by atoms with E-state index in [0.29, 0.717) is 24.2 Å². The van der Waals surface area contributed by atoms with Crippen LogP contribution in [-0.2, 0) is 11.3 Å². The van der Waals surface area contributed by atoms with Crippen molar-refractivity contribution in [3.63, 3.8) is 0 Å². The van der Waals surface area contributed by atoms with Crippen LogP contribution in [0.1, 0.15) is 44.4 Å². The average molecular weight is 375 g/mol. The predicted molar refractivity (Wildman–Crippen MR) is 101 cm³/mol. The molecule has 7 heteroatoms. The van der Waals surface area contributed by atoms with E-state index in [1.54, 1.807) is 11.3 Å². The first-order valence-electron chi connectivity index (χ1n) is 9.67. The summed E-state index contributed by atoms with van der Waals surface area (Å²) < 4.78 is 5.40. The van der Waals surface area contributed by atoms with Gasteiger partial charge in [0.25, 0.3) is 0 Å². The molecule has 0 bridgehead atoms. The van der Waals surface area contributed by atoms with E-state index in [2.05, 4.69) is 19.9 Å². The van der Waals surface area contributed by atoms with E-state index in [4.69, 9.17) is 4.52 Å². The van der Waals surface area contributed by atoms with Crippen LogP contribution in [0.5, 0.6) is 0 Å². The highest BCUT2D eigenvalue weighted by molar-refractivity contribution is 7.13. The molecule has 0 spiro atoms. The fraction of sp³-hybridized carbons (Fsp3) is 0.632. The molecular weight excluding hydrogens is 348 g/mol. The molecule has 4 rings (SSSR count). The lowest BCUT2D eigenvalue weighted by atomic mass is 9.95. The van der Waals surface area contributed by atoms with Crippen molar-refractivity contribution in [3.8, 4) is 10.7 Å². The predicted octanol–water partition coefficient (Wildman–Crippen LogP) is 3.41. The molecule has 0 saturated carbocycles. The van der Waals surface area contributed by atoms with Gasteiger partial charge in [0.15, 0.2) is 0 Å². The van der Waals surface area contributed by atoms with E-state index in [-0.39, 0.29) is 5.92 Å². The molecule has 2 saturated heterocycles. The Morgan fingerprint density at radius 2 is 1.92 bits per heavy atom. The van der Waals surface area contributed by atoms with Gasteiger partial charge in [-0.3, -0.25) is 9.69 Å². The first-order chi connectivity index (χ1) is 12.8. The highest BCUT2D eigenvalue weighted by Crippen LogP contribution is 2.24. The van der Waals surface area contributed by atoms with Gasteiger partial charge in [-0.1, -0.05) is 24.1 Å². The van der Waals surface area contributed by atoms with Gasteiger partial charge in [0, 0.05) is 19.0 Å². The molecule has 0 aliphatic carbocycles. The topological polar surface area (TPSA) is 62.5 Å². The summed E-state index contributed by atoms with van der Waals surface area (Å²) in [7, 11) is 0. The highest BCUT2D eigenvalue weighted by atomic mass is 32.1. The molecule has 0 N–H and O–H groups in total. The number of aromatic nitrogens is 2. The number of hydrogen-bond donors (Lipinski definition) is 0. The second-order valence-corrected chi connectivity index (χ2v) is 8.23. The Balaban J connectivity index is 1.28. The minimum atomic E-state index is 0.189. The molecule has 0 aromatic carbocycles. The van der Waals surface area contributed by atoms with Crippen LogP contribution >= 0.6 is 11.3 Å². The average Bonchev–Trinajstić information content (AvgIpc) is 3.28. The molecule has 1 amide bonds. The van der Waals surface area contributed by atoms with Crippen molar-refractivity contribution >= 4 is 17.2 Å². The summed E-state index contributed by atoms with van der Waals surface area (Å²) in [6.07, 6.45) is 6.71. The van der Waals surface area contributed by atoms with Crippen LogP contribution in [0.3, 0.4) is 0 Å². The van der Waals surface area contributed by atoms with E-state index >= 15 is 0 Å². The quantitative estimate of drug-likeness (QED) is 0.821. The Hall–Kier alpha value is -1.73. The zero-order valence-electron chi connectivity index (χ0n) is 15.1. The summed E-state index contributed by atoms with van der Waals surface area (Å²) in [4.78, 5) is 22.7. The molecule has 0 radical (unpaired) electrons. The fourth-order valence-electron chi connectivity index (χ4n) is 3.90. The number of hydrogen-bond acceptors (Lipinski definition) is 6. The minimum Gasteiger partial charge on any atom is -0.342 e. The van der Waals surface area contributed by atoms with Gasteiger partial charge in [0.2, 0.25) is 17.6 Å². The van der Waals surface area contributed by atoms with Gasteiger partial charge in [0.1, 0.15) is 0 Å². The van der Waals surface area contributed by atoms with E-state index < -0.39 is 0 Å². The first-order valence-corrected chi connectivity index (χ1v) is 10.5. The zero-order chi connectivity index (χ0) is 17.8. The van der Waals surface area contributed by atoms with Crippen molar-refractivity contribution < 1.29 is 9.32 Å². The molecule has 140 valence electrons. The monoisotopic (exact) mass is 374 g/mol. The number of nitrogens with zero attached hydrogens (tertiary/aromatic N) is 4. The Morgan fingerprint density at radius 3 is 2.62 bits per heavy atom. The maximum absolute atomic E-state index is 12.8. The number of carbonyl (C=O) groups is 1. The van der Waals surface area contributed by atoms with Crippen molar-refractivity contribution in [1.29, 1.82) is 0 Å². The van der Waals surface area contributed by atoms with Crippen molar-refractivity contribution in [2.45, 2.75) is 45.1 Å². The van der Waals surface area contributed by atoms with Gasteiger partial charge in [-0.05, 0) is 50.2 Å². The van der Waals surface area contributed by atoms with Crippen molar-refractivity contribution in [3.05, 3.63) is 23.4 Å². The Labute approximate surface area is 158 Å². The van der Waals surface area contributed by atoms with Crippen molar-refractivity contribution in [2.24, 2.45) is 5.92 Å². The van der Waals surface area contributed by atoms with Crippen LogP contribution in [0.4, 0.5) is 0 Å². The molecular formula is C19H26N4O2S. The Morgan fingerprint density at radius 1 is 1.15 bits per heavy atom. The number of piperidine rings is 1. The standard InChI is InChI=1S/C19H26N4O2S/c24-19(23-9-3-1-2-4-10-23)15-7-11-22(12-8-15)14-17-20-18(21-25-17)16-6-5-13-26-16/h5-6,13,15H,1-4,7-12,14H2. The van der Waals surface area contributed by atoms with Crippen LogP contribution in [0, 0.1) is 5.92 Å². The lowest BCUT2D eigenvalue weighted by Crippen LogP contribution is -2.42. The molecule has 2 aromatic heterocycles. The summed E-state index contributed by atoms with van der Waals surface area (Å²) in [5, 5.41) is 6.09. The molecule has 6 nitrogen and oxygen atoms in total. The van der Waals surface area contributed by atoms with Crippen LogP contribution in [0.2, 0.25) is 0 Å². The molecule has 2 aromatic rings. The molecule has 26 heavy (non-hydrogen) atoms. The van der Waals surface area contributed by atoms with Crippen LogP contribution in [-0.4, -0.2) is 52.0 Å². The van der Waals surface area contributed by atoms with Crippen LogP contribution in [0.15, 0.2) is 22.0 Å². The lowest BCUT2D eigenvalue weighted by Gasteiger charge is -2.33. The highest BCUT2D eigenvalue weighted by Gasteiger charge is 2.29. The summed E-state index contributed by atoms with van der Waals surface area (Å²) >= 11 is 1.61. The number of thiophene rings is 1. The molecule has 4 heterocycles. The summed E-state index contributed by atoms with van der Waals surface area (Å²) in [6.45, 7) is 4.41. The van der Waals surface area contributed by atoms with Crippen LogP contribution in [0.25, 0.3) is 10.7 Å². The summed E-state index contributed by atoms with van der Waals surface area (Å²) in [6, 6.07) is 3.99. The third-order valence-corrected chi connectivity index (χ3v) is 6.29. The van der Waals surface area contributed by atoms with Crippen LogP contribution < -0.4 is 0 Å². The smallest absolute Gasteiger partial charge is 0.241 e. The number of likely N-dealkylation sites (tertiary alicyclic amines) is 2. The van der Waals surface area contributed by atoms with Crippen molar-refractivity contribution in [2.75, 3.05) is 26.2 Å².